The molecule has 4 heterocycles. The lowest BCUT2D eigenvalue weighted by Crippen LogP contribution is -2.66. The smallest absolute Gasteiger partial charge is 0.410 e. The Kier molecular flexibility index (Phi) is 13.1. The van der Waals surface area contributed by atoms with E-state index in [2.05, 4.69) is 10.6 Å². The Morgan fingerprint density at radius 2 is 1.42 bits per heavy atom. The van der Waals surface area contributed by atoms with Crippen LogP contribution >= 0.6 is 0 Å². The maximum Gasteiger partial charge on any atom is 0.410 e. The van der Waals surface area contributed by atoms with Gasteiger partial charge < -0.3 is 69.6 Å². The van der Waals surface area contributed by atoms with Gasteiger partial charge in [-0.25, -0.2) is 14.4 Å². The number of likely N-dealkylation sites (N-methyl/N-ethyl adjacent to an activating group) is 1. The summed E-state index contributed by atoms with van der Waals surface area (Å²) >= 11 is 0. The van der Waals surface area contributed by atoms with E-state index < -0.39 is 104 Å². The van der Waals surface area contributed by atoms with Crippen molar-refractivity contribution in [1.29, 1.82) is 0 Å². The number of hydrogen-bond acceptors (Lipinski definition) is 15. The molecule has 2 aromatic carbocycles. The predicted octanol–water partition coefficient (Wildman–Crippen LogP) is 1.22. The molecular weight excluding hydrogens is 748 g/mol. The van der Waals surface area contributed by atoms with E-state index in [-0.39, 0.29) is 45.0 Å². The quantitative estimate of drug-likeness (QED) is 0.175. The number of carbonyl (C=O) groups excluding carboxylic acids is 3. The average Bonchev–Trinajstić information content (AvgIpc) is 3.50. The second-order valence-electron chi connectivity index (χ2n) is 15.3. The number of carbonyl (C=O) groups is 3. The third-order valence-corrected chi connectivity index (χ3v) is 11.2. The summed E-state index contributed by atoms with van der Waals surface area (Å²) < 4.78 is 48.1. The van der Waals surface area contributed by atoms with Gasteiger partial charge in [0.1, 0.15) is 31.5 Å². The number of rotatable bonds is 11. The number of aliphatic hydroxyl groups excluding tert-OH is 3. The minimum Gasteiger partial charge on any atom is -0.445 e. The van der Waals surface area contributed by atoms with Crippen LogP contribution in [0, 0.1) is 5.92 Å². The van der Waals surface area contributed by atoms with Gasteiger partial charge in [-0.2, -0.15) is 0 Å². The first kappa shape index (κ1) is 41.1. The van der Waals surface area contributed by atoms with Gasteiger partial charge in [0.05, 0.1) is 43.1 Å². The molecular formula is C39H52N4O14. The lowest BCUT2D eigenvalue weighted by Gasteiger charge is -2.50. The lowest BCUT2D eigenvalue weighted by atomic mass is 9.85. The molecule has 4 aliphatic heterocycles. The Morgan fingerprint density at radius 1 is 0.789 bits per heavy atom. The number of fused-ring (bicyclic) bond motifs is 3. The van der Waals surface area contributed by atoms with Crippen LogP contribution < -0.4 is 16.4 Å². The van der Waals surface area contributed by atoms with E-state index in [0.717, 1.165) is 11.1 Å². The van der Waals surface area contributed by atoms with E-state index in [0.29, 0.717) is 6.42 Å². The summed E-state index contributed by atoms with van der Waals surface area (Å²) in [5, 5.41) is 37.3. The first-order valence-electron chi connectivity index (χ1n) is 19.3. The topological polar surface area (TPSA) is 239 Å². The van der Waals surface area contributed by atoms with Crippen molar-refractivity contribution >= 4 is 18.3 Å². The standard InChI is InChI=1S/C39H52N4O14/c1-20-13-29-32(33-31(43(2)39(49)56-33)36(53-29)57-35-27(46)14-23(40)30(17-44)54-35)55-34(20)52-28-16-26(45)24(41-37(47)50-18-21-9-5-3-6-10-21)15-25(28)42-38(48)51-19-22-11-7-4-8-12-22/h3-12,20,23-36,44-46H,13-19,40H2,1-2H3,(H,41,47)(H,42,48)/t20?,23-,24+,25?,26?,27?,28-,29-,30?,31?,32?,33?,34-,35+,36?/m0/s1. The van der Waals surface area contributed by atoms with Gasteiger partial charge in [0.15, 0.2) is 25.0 Å². The van der Waals surface area contributed by atoms with E-state index in [9.17, 15) is 29.7 Å². The number of nitrogens with zero attached hydrogens (tertiary/aromatic N) is 1. The normalized spacial score (nSPS) is 37.6. The third kappa shape index (κ3) is 9.62. The van der Waals surface area contributed by atoms with Gasteiger partial charge >= 0.3 is 18.3 Å². The van der Waals surface area contributed by atoms with E-state index in [1.165, 1.54) is 11.9 Å². The molecule has 0 bridgehead atoms. The van der Waals surface area contributed by atoms with Crippen LogP contribution in [0.2, 0.25) is 0 Å². The Morgan fingerprint density at radius 3 is 2.05 bits per heavy atom. The van der Waals surface area contributed by atoms with Gasteiger partial charge in [-0.1, -0.05) is 67.6 Å². The van der Waals surface area contributed by atoms with Crippen LogP contribution in [-0.2, 0) is 51.1 Å². The van der Waals surface area contributed by atoms with Crippen molar-refractivity contribution in [3.8, 4) is 0 Å². The monoisotopic (exact) mass is 800 g/mol. The largest absolute Gasteiger partial charge is 0.445 e. The molecule has 0 radical (unpaired) electrons. The summed E-state index contributed by atoms with van der Waals surface area (Å²) in [7, 11) is 1.54. The first-order valence-corrected chi connectivity index (χ1v) is 19.3. The molecule has 5 fully saturated rings. The number of alkyl carbamates (subject to hydrolysis) is 2. The number of aliphatic hydroxyl groups is 3. The molecule has 18 heteroatoms. The van der Waals surface area contributed by atoms with Crippen LogP contribution in [0.5, 0.6) is 0 Å². The predicted molar refractivity (Wildman–Crippen MR) is 196 cm³/mol. The molecule has 0 aromatic heterocycles. The second-order valence-corrected chi connectivity index (χ2v) is 15.3. The SMILES string of the molecule is CC1C[C@@H]2OC(O[C@H]3OC(CO)[C@@H](N)CC3O)C3C(OC(=O)N3C)C2O[C@@H]1O[C@H]1CC(O)[C@H](NC(=O)OCc2ccccc2)CC1NC(=O)OCc1ccccc1. The highest BCUT2D eigenvalue weighted by atomic mass is 16.8. The molecule has 1 saturated carbocycles. The van der Waals surface area contributed by atoms with Crippen molar-refractivity contribution in [2.24, 2.45) is 11.7 Å². The molecule has 2 aromatic rings. The van der Waals surface area contributed by atoms with E-state index in [4.69, 9.17) is 43.6 Å². The molecule has 5 aliphatic rings. The molecule has 3 amide bonds. The number of amides is 3. The Labute approximate surface area is 329 Å². The fourth-order valence-electron chi connectivity index (χ4n) is 8.10. The fraction of sp³-hybridized carbons (Fsp3) is 0.615. The van der Waals surface area contributed by atoms with Gasteiger partial charge in [0.25, 0.3) is 0 Å². The number of benzene rings is 2. The molecule has 18 nitrogen and oxygen atoms in total. The summed E-state index contributed by atoms with van der Waals surface area (Å²) in [4.78, 5) is 40.2. The minimum atomic E-state index is -1.18. The van der Waals surface area contributed by atoms with Crippen LogP contribution in [0.1, 0.15) is 43.7 Å². The van der Waals surface area contributed by atoms with E-state index >= 15 is 0 Å². The zero-order chi connectivity index (χ0) is 40.2. The number of nitrogens with two attached hydrogens (primary N) is 1. The summed E-state index contributed by atoms with van der Waals surface area (Å²) in [6, 6.07) is 15.4. The molecule has 9 unspecified atom stereocenters. The lowest BCUT2D eigenvalue weighted by molar-refractivity contribution is -0.368. The van der Waals surface area contributed by atoms with Crippen molar-refractivity contribution in [2.45, 2.75) is 132 Å². The molecule has 4 saturated heterocycles. The maximum atomic E-state index is 13.2. The summed E-state index contributed by atoms with van der Waals surface area (Å²) in [6.45, 7) is 1.58. The fourth-order valence-corrected chi connectivity index (χ4v) is 8.10. The van der Waals surface area contributed by atoms with Crippen molar-refractivity contribution in [3.05, 3.63) is 71.8 Å². The zero-order valence-electron chi connectivity index (χ0n) is 31.7. The van der Waals surface area contributed by atoms with Gasteiger partial charge in [-0.05, 0) is 30.4 Å². The zero-order valence-corrected chi connectivity index (χ0v) is 31.7. The number of hydrogen-bond donors (Lipinski definition) is 6. The summed E-state index contributed by atoms with van der Waals surface area (Å²) in [5.41, 5.74) is 7.61. The molecule has 7 rings (SSSR count). The number of ether oxygens (including phenoxy) is 8. The molecule has 7 N–H and O–H groups in total. The minimum absolute atomic E-state index is 0.00629. The van der Waals surface area contributed by atoms with E-state index in [1.807, 2.05) is 67.6 Å². The second kappa shape index (κ2) is 18.2. The van der Waals surface area contributed by atoms with Gasteiger partial charge in [-0.3, -0.25) is 4.90 Å². The van der Waals surface area contributed by atoms with Crippen LogP contribution in [-0.4, -0.2) is 138 Å². The highest BCUT2D eigenvalue weighted by molar-refractivity contribution is 5.71. The van der Waals surface area contributed by atoms with E-state index in [1.54, 1.807) is 0 Å². The van der Waals surface area contributed by atoms with Gasteiger partial charge in [-0.15, -0.1) is 0 Å². The van der Waals surface area contributed by atoms with Crippen LogP contribution in [0.15, 0.2) is 60.7 Å². The number of nitrogens with one attached hydrogen (secondary N) is 2. The Hall–Kier alpha value is -4.11. The van der Waals surface area contributed by atoms with Gasteiger partial charge in [0, 0.05) is 25.4 Å². The first-order chi connectivity index (χ1) is 27.5. The molecule has 312 valence electrons. The van der Waals surface area contributed by atoms with Crippen molar-refractivity contribution in [1.82, 2.24) is 15.5 Å². The molecule has 57 heavy (non-hydrogen) atoms. The maximum absolute atomic E-state index is 13.2. The van der Waals surface area contributed by atoms with Crippen molar-refractivity contribution in [3.63, 3.8) is 0 Å². The third-order valence-electron chi connectivity index (χ3n) is 11.2. The Bertz CT molecular complexity index is 1660. The Balaban J connectivity index is 1.03. The highest BCUT2D eigenvalue weighted by Gasteiger charge is 2.60. The van der Waals surface area contributed by atoms with Crippen LogP contribution in [0.4, 0.5) is 14.4 Å². The van der Waals surface area contributed by atoms with Gasteiger partial charge in [0.2, 0.25) is 0 Å². The van der Waals surface area contributed by atoms with Crippen LogP contribution in [0.25, 0.3) is 0 Å². The van der Waals surface area contributed by atoms with Crippen molar-refractivity contribution < 1.29 is 67.6 Å². The average molecular weight is 801 g/mol. The van der Waals surface area contributed by atoms with Crippen LogP contribution in [0.3, 0.4) is 0 Å². The summed E-state index contributed by atoms with van der Waals surface area (Å²) in [6.07, 6.45) is -10.7. The molecule has 15 atom stereocenters. The molecule has 0 spiro atoms. The highest BCUT2D eigenvalue weighted by Crippen LogP contribution is 2.42. The summed E-state index contributed by atoms with van der Waals surface area (Å²) in [5.74, 6) is -0.307. The molecule has 1 aliphatic carbocycles. The van der Waals surface area contributed by atoms with Crippen molar-refractivity contribution in [2.75, 3.05) is 13.7 Å².